The Hall–Kier alpha value is -2.49. The fraction of sp³-hybridized carbons (Fsp3) is 0.764. The van der Waals surface area contributed by atoms with Crippen molar-refractivity contribution >= 4 is 5.78 Å². The van der Waals surface area contributed by atoms with E-state index >= 15 is 0 Å². The van der Waals surface area contributed by atoms with Gasteiger partial charge in [-0.2, -0.15) is 0 Å². The minimum absolute atomic E-state index is 0. The summed E-state index contributed by atoms with van der Waals surface area (Å²) in [5, 5.41) is 11.0. The summed E-state index contributed by atoms with van der Waals surface area (Å²) in [7, 11) is 3.52. The van der Waals surface area contributed by atoms with E-state index in [1.165, 1.54) is 73.6 Å². The summed E-state index contributed by atoms with van der Waals surface area (Å²) in [6.45, 7) is 6.15. The first kappa shape index (κ1) is 49.9. The topological polar surface area (TPSA) is 92.7 Å². The highest BCUT2D eigenvalue weighted by atomic mass is 16.7. The van der Waals surface area contributed by atoms with Gasteiger partial charge in [0.25, 0.3) is 0 Å². The molecule has 2 heterocycles. The average Bonchev–Trinajstić information content (AvgIpc) is 3.78. The summed E-state index contributed by atoms with van der Waals surface area (Å²) in [5.41, 5.74) is 5.50. The second-order valence-electron chi connectivity index (χ2n) is 19.9. The smallest absolute Gasteiger partial charge is 0.157 e. The third-order valence-corrected chi connectivity index (χ3v) is 15.8. The third kappa shape index (κ3) is 13.3. The lowest BCUT2D eigenvalue weighted by atomic mass is 9.73. The molecule has 0 amide bonds. The van der Waals surface area contributed by atoms with Crippen LogP contribution in [0.15, 0.2) is 36.4 Å². The number of methoxy groups -OCH3 is 2. The average molecular weight is 875 g/mol. The second kappa shape index (κ2) is 25.4. The van der Waals surface area contributed by atoms with E-state index in [9.17, 15) is 9.90 Å². The van der Waals surface area contributed by atoms with E-state index < -0.39 is 0 Å². The minimum atomic E-state index is -0.183. The Bertz CT molecular complexity index is 1650. The summed E-state index contributed by atoms with van der Waals surface area (Å²) in [6.07, 6.45) is 26.4. The van der Waals surface area contributed by atoms with Crippen LogP contribution in [-0.4, -0.2) is 69.2 Å². The van der Waals surface area contributed by atoms with Gasteiger partial charge in [0, 0.05) is 25.6 Å². The van der Waals surface area contributed by atoms with Gasteiger partial charge in [-0.05, 0) is 173 Å². The molecule has 8 nitrogen and oxygen atoms in total. The van der Waals surface area contributed by atoms with Gasteiger partial charge in [-0.15, -0.1) is 0 Å². The predicted octanol–water partition coefficient (Wildman–Crippen LogP) is 12.2. The molecular weight excluding hydrogens is 789 g/mol. The van der Waals surface area contributed by atoms with Crippen LogP contribution in [0.3, 0.4) is 0 Å². The molecule has 0 spiro atoms. The van der Waals surface area contributed by atoms with Crippen molar-refractivity contribution in [3.63, 3.8) is 0 Å². The van der Waals surface area contributed by atoms with Crippen LogP contribution in [0.2, 0.25) is 0 Å². The van der Waals surface area contributed by atoms with Gasteiger partial charge in [0.2, 0.25) is 0 Å². The lowest BCUT2D eigenvalue weighted by molar-refractivity contribution is -0.191. The zero-order valence-electron chi connectivity index (χ0n) is 39.0. The number of carbonyl (C=O) groups excluding carboxylic acids is 1. The van der Waals surface area contributed by atoms with Crippen molar-refractivity contribution in [3.05, 3.63) is 58.7 Å². The van der Waals surface area contributed by atoms with Crippen molar-refractivity contribution < 1.29 is 38.3 Å². The number of fused-ring (bicyclic) bond motifs is 4. The maximum atomic E-state index is 13.0. The van der Waals surface area contributed by atoms with E-state index in [0.717, 1.165) is 127 Å². The van der Waals surface area contributed by atoms with E-state index in [4.69, 9.17) is 28.4 Å². The van der Waals surface area contributed by atoms with Gasteiger partial charge in [0.05, 0.1) is 32.5 Å². The maximum Gasteiger partial charge on any atom is 0.157 e. The van der Waals surface area contributed by atoms with Crippen LogP contribution < -0.4 is 9.47 Å². The maximum absolute atomic E-state index is 13.0. The molecule has 4 fully saturated rings. The molecule has 4 aliphatic carbocycles. The normalized spacial score (nSPS) is 29.5. The number of carbonyl (C=O) groups is 1. The number of unbranched alkanes of at least 4 members (excludes halogenated alkanes) is 4. The quantitative estimate of drug-likeness (QED) is 0.132. The first-order valence-corrected chi connectivity index (χ1v) is 25.4. The standard InChI is InChI=1S/C27H42O4.C27H40O4.CH4/c2*1-3-4-5-10-21(31-27-12-6-7-15-30-27)13-14-22-23-16-19-9-8-11-26(29-2)24(19)17-20(23)18-25(22)28;/h8-9,11,20-23,25,27-28H,3-7,10,12-18H2,1-2H3;8-9,11,20-23,27H,3-7,10,12-18H2,1-2H3;1H4/t20-,21-,22+,23-,25+,27?;20-,21-,22?,23-,27?;/m00./s1. The monoisotopic (exact) mass is 875 g/mol. The summed E-state index contributed by atoms with van der Waals surface area (Å²) in [5.74, 6) is 5.17. The van der Waals surface area contributed by atoms with Crippen LogP contribution in [0.25, 0.3) is 0 Å². The number of ether oxygens (including phenoxy) is 6. The largest absolute Gasteiger partial charge is 0.496 e. The molecule has 8 rings (SSSR count). The number of aliphatic hydroxyl groups is 1. The van der Waals surface area contributed by atoms with E-state index in [1.54, 1.807) is 14.2 Å². The SMILES string of the molecule is C.CCCCC[C@@H](CCC1C(=O)C[C@@H]2Cc3c(cccc3OC)C[C@H]12)OC1CCCCO1.CCCCC[C@@H](CC[C@@H]1[C@H]2Cc3cccc(OC)c3C[C@H]2C[C@H]1O)OC1CCCCO1. The van der Waals surface area contributed by atoms with Gasteiger partial charge in [-0.1, -0.05) is 84.1 Å². The molecule has 0 aromatic heterocycles. The first-order chi connectivity index (χ1) is 30.4. The van der Waals surface area contributed by atoms with Crippen molar-refractivity contribution in [1.82, 2.24) is 0 Å². The first-order valence-electron chi connectivity index (χ1n) is 25.4. The van der Waals surface area contributed by atoms with Crippen LogP contribution in [-0.2, 0) is 49.4 Å². The molecule has 63 heavy (non-hydrogen) atoms. The Balaban J connectivity index is 0.000000206. The molecule has 2 aromatic rings. The number of Topliss-reactive ketones (excluding diaryl/α,β-unsaturated/α-hetero) is 1. The summed E-state index contributed by atoms with van der Waals surface area (Å²) < 4.78 is 35.8. The molecular formula is C55H86O8. The molecule has 8 heteroatoms. The molecule has 6 aliphatic rings. The van der Waals surface area contributed by atoms with Gasteiger partial charge in [-0.25, -0.2) is 0 Å². The Morgan fingerprint density at radius 1 is 0.651 bits per heavy atom. The van der Waals surface area contributed by atoms with Gasteiger partial charge in [0.15, 0.2) is 12.6 Å². The number of hydrogen-bond acceptors (Lipinski definition) is 8. The van der Waals surface area contributed by atoms with E-state index in [-0.39, 0.29) is 44.2 Å². The Labute approximate surface area is 382 Å². The molecule has 3 unspecified atom stereocenters. The highest BCUT2D eigenvalue weighted by Gasteiger charge is 2.46. The molecule has 0 radical (unpaired) electrons. The van der Waals surface area contributed by atoms with E-state index in [2.05, 4.69) is 50.2 Å². The van der Waals surface area contributed by atoms with Gasteiger partial charge in [-0.3, -0.25) is 4.79 Å². The molecule has 0 bridgehead atoms. The van der Waals surface area contributed by atoms with Crippen molar-refractivity contribution in [2.45, 2.75) is 206 Å². The van der Waals surface area contributed by atoms with Crippen molar-refractivity contribution in [2.24, 2.45) is 35.5 Å². The predicted molar refractivity (Wildman–Crippen MR) is 252 cm³/mol. The second-order valence-corrected chi connectivity index (χ2v) is 19.9. The summed E-state index contributed by atoms with van der Waals surface area (Å²) in [6, 6.07) is 12.8. The number of benzene rings is 2. The van der Waals surface area contributed by atoms with Crippen LogP contribution in [0.1, 0.15) is 172 Å². The highest BCUT2D eigenvalue weighted by Crippen LogP contribution is 2.49. The van der Waals surface area contributed by atoms with Crippen LogP contribution in [0.5, 0.6) is 11.5 Å². The number of rotatable bonds is 20. The Kier molecular flexibility index (Phi) is 20.2. The molecule has 1 N–H and O–H groups in total. The van der Waals surface area contributed by atoms with Gasteiger partial charge >= 0.3 is 0 Å². The number of aliphatic hydroxyl groups excluding tert-OH is 1. The van der Waals surface area contributed by atoms with Crippen LogP contribution in [0.4, 0.5) is 0 Å². The molecule has 2 aliphatic heterocycles. The molecule has 2 saturated heterocycles. The lowest BCUT2D eigenvalue weighted by Gasteiger charge is -2.33. The van der Waals surface area contributed by atoms with Crippen molar-refractivity contribution in [1.29, 1.82) is 0 Å². The minimum Gasteiger partial charge on any atom is -0.496 e. The summed E-state index contributed by atoms with van der Waals surface area (Å²) in [4.78, 5) is 13.0. The Morgan fingerprint density at radius 2 is 1.19 bits per heavy atom. The zero-order valence-corrected chi connectivity index (χ0v) is 39.0. The van der Waals surface area contributed by atoms with Crippen LogP contribution in [0, 0.1) is 35.5 Å². The van der Waals surface area contributed by atoms with E-state index in [0.29, 0.717) is 35.4 Å². The molecule has 354 valence electrons. The van der Waals surface area contributed by atoms with Crippen molar-refractivity contribution in [2.75, 3.05) is 27.4 Å². The zero-order chi connectivity index (χ0) is 43.3. The number of hydrogen-bond donors (Lipinski definition) is 1. The van der Waals surface area contributed by atoms with E-state index in [1.807, 2.05) is 0 Å². The molecule has 2 aromatic carbocycles. The summed E-state index contributed by atoms with van der Waals surface area (Å²) >= 11 is 0. The molecule has 11 atom stereocenters. The van der Waals surface area contributed by atoms with Gasteiger partial charge < -0.3 is 33.5 Å². The lowest BCUT2D eigenvalue weighted by Crippen LogP contribution is -2.30. The fourth-order valence-electron chi connectivity index (χ4n) is 12.4. The fourth-order valence-corrected chi connectivity index (χ4v) is 12.4. The number of ketones is 1. The van der Waals surface area contributed by atoms with Crippen molar-refractivity contribution in [3.8, 4) is 11.5 Å². The Morgan fingerprint density at radius 3 is 1.71 bits per heavy atom. The third-order valence-electron chi connectivity index (χ3n) is 15.8. The van der Waals surface area contributed by atoms with Crippen LogP contribution >= 0.6 is 0 Å². The highest BCUT2D eigenvalue weighted by molar-refractivity contribution is 5.84. The molecule has 2 saturated carbocycles. The van der Waals surface area contributed by atoms with Gasteiger partial charge in [0.1, 0.15) is 17.3 Å².